The van der Waals surface area contributed by atoms with Gasteiger partial charge in [-0.15, -0.1) is 0 Å². The molecule has 0 radical (unpaired) electrons. The highest BCUT2D eigenvalue weighted by Crippen LogP contribution is 2.16. The number of hydrogen-bond acceptors (Lipinski definition) is 3. The third-order valence-corrected chi connectivity index (χ3v) is 3.88. The number of carbonyl (C=O) groups excluding carboxylic acids is 2. The fraction of sp³-hybridized carbons (Fsp3) is 0.158. The maximum absolute atomic E-state index is 13.0. The Morgan fingerprint density at radius 2 is 1.96 bits per heavy atom. The summed E-state index contributed by atoms with van der Waals surface area (Å²) in [6.07, 6.45) is 2.58. The van der Waals surface area contributed by atoms with Crippen molar-refractivity contribution in [2.75, 3.05) is 6.61 Å². The number of amides is 1. The van der Waals surface area contributed by atoms with E-state index in [1.54, 1.807) is 6.07 Å². The van der Waals surface area contributed by atoms with E-state index in [4.69, 9.17) is 4.74 Å². The Bertz CT molecular complexity index is 774. The number of hydrogen-bond donors (Lipinski definition) is 1. The Labute approximate surface area is 153 Å². The van der Waals surface area contributed by atoms with Gasteiger partial charge in [-0.3, -0.25) is 4.79 Å². The molecule has 1 N–H and O–H groups in total. The second kappa shape index (κ2) is 9.13. The quantitative estimate of drug-likeness (QED) is 0.583. The Morgan fingerprint density at radius 1 is 1.24 bits per heavy atom. The average molecular weight is 406 g/mol. The number of rotatable bonds is 6. The molecule has 0 spiro atoms. The van der Waals surface area contributed by atoms with Crippen molar-refractivity contribution in [3.8, 4) is 0 Å². The predicted octanol–water partition coefficient (Wildman–Crippen LogP) is 4.02. The number of benzene rings is 2. The van der Waals surface area contributed by atoms with Gasteiger partial charge in [0.25, 0.3) is 5.91 Å². The third kappa shape index (κ3) is 6.51. The average Bonchev–Trinajstić information content (AvgIpc) is 2.58. The molecule has 6 heteroatoms. The Kier molecular flexibility index (Phi) is 6.89. The number of esters is 1. The van der Waals surface area contributed by atoms with Crippen molar-refractivity contribution in [1.29, 1.82) is 0 Å². The summed E-state index contributed by atoms with van der Waals surface area (Å²) in [6, 6.07) is 13.1. The molecule has 0 saturated heterocycles. The van der Waals surface area contributed by atoms with Gasteiger partial charge < -0.3 is 10.1 Å². The second-order valence-electron chi connectivity index (χ2n) is 5.34. The summed E-state index contributed by atoms with van der Waals surface area (Å²) in [5.41, 5.74) is 1.47. The highest BCUT2D eigenvalue weighted by Gasteiger charge is 2.11. The predicted molar refractivity (Wildman–Crippen MR) is 97.1 cm³/mol. The largest absolute Gasteiger partial charge is 0.452 e. The van der Waals surface area contributed by atoms with E-state index in [1.165, 1.54) is 24.3 Å². The molecule has 2 rings (SSSR count). The van der Waals surface area contributed by atoms with Gasteiger partial charge in [0.05, 0.1) is 6.04 Å². The summed E-state index contributed by atoms with van der Waals surface area (Å²) >= 11 is 3.35. The first-order valence-corrected chi connectivity index (χ1v) is 8.38. The molecule has 0 unspecified atom stereocenters. The van der Waals surface area contributed by atoms with Crippen LogP contribution >= 0.6 is 15.9 Å². The highest BCUT2D eigenvalue weighted by atomic mass is 79.9. The normalized spacial score (nSPS) is 12.0. The van der Waals surface area contributed by atoms with E-state index in [0.29, 0.717) is 5.56 Å². The van der Waals surface area contributed by atoms with Crippen LogP contribution in [-0.4, -0.2) is 18.5 Å². The van der Waals surface area contributed by atoms with Crippen LogP contribution in [0, 0.1) is 5.82 Å². The van der Waals surface area contributed by atoms with Crippen molar-refractivity contribution in [3.05, 3.63) is 76.0 Å². The minimum absolute atomic E-state index is 0.206. The van der Waals surface area contributed by atoms with E-state index in [1.807, 2.05) is 31.2 Å². The van der Waals surface area contributed by atoms with Crippen LogP contribution < -0.4 is 5.32 Å². The van der Waals surface area contributed by atoms with Crippen LogP contribution in [0.5, 0.6) is 0 Å². The first-order chi connectivity index (χ1) is 11.9. The molecule has 1 atom stereocenters. The zero-order valence-electron chi connectivity index (χ0n) is 13.5. The zero-order valence-corrected chi connectivity index (χ0v) is 15.1. The van der Waals surface area contributed by atoms with Crippen LogP contribution in [0.3, 0.4) is 0 Å². The summed E-state index contributed by atoms with van der Waals surface area (Å²) < 4.78 is 18.8. The van der Waals surface area contributed by atoms with E-state index in [0.717, 1.165) is 16.1 Å². The number of nitrogens with one attached hydrogen (secondary N) is 1. The van der Waals surface area contributed by atoms with Crippen LogP contribution in [0.2, 0.25) is 0 Å². The molecule has 2 aromatic carbocycles. The molecule has 0 fully saturated rings. The molecule has 0 aromatic heterocycles. The molecule has 0 saturated carbocycles. The van der Waals surface area contributed by atoms with Crippen molar-refractivity contribution >= 4 is 33.9 Å². The van der Waals surface area contributed by atoms with E-state index in [2.05, 4.69) is 21.2 Å². The molecule has 2 aromatic rings. The first-order valence-electron chi connectivity index (χ1n) is 7.59. The Hall–Kier alpha value is -2.47. The minimum Gasteiger partial charge on any atom is -0.452 e. The summed E-state index contributed by atoms with van der Waals surface area (Å²) in [7, 11) is 0. The first kappa shape index (κ1) is 18.9. The molecule has 0 aliphatic rings. The molecule has 130 valence electrons. The van der Waals surface area contributed by atoms with Crippen LogP contribution in [-0.2, 0) is 14.3 Å². The summed E-state index contributed by atoms with van der Waals surface area (Å²) in [4.78, 5) is 23.5. The number of ether oxygens (including phenoxy) is 1. The summed E-state index contributed by atoms with van der Waals surface area (Å²) in [5, 5.41) is 2.75. The van der Waals surface area contributed by atoms with Crippen LogP contribution in [0.25, 0.3) is 6.08 Å². The van der Waals surface area contributed by atoms with Crippen molar-refractivity contribution in [1.82, 2.24) is 5.32 Å². The van der Waals surface area contributed by atoms with Gasteiger partial charge in [-0.05, 0) is 48.4 Å². The topological polar surface area (TPSA) is 55.4 Å². The van der Waals surface area contributed by atoms with Gasteiger partial charge in [0.15, 0.2) is 6.61 Å². The molecule has 0 bridgehead atoms. The monoisotopic (exact) mass is 405 g/mol. The van der Waals surface area contributed by atoms with Gasteiger partial charge >= 0.3 is 5.97 Å². The van der Waals surface area contributed by atoms with Crippen LogP contribution in [0.1, 0.15) is 24.1 Å². The molecule has 0 aliphatic heterocycles. The lowest BCUT2D eigenvalue weighted by Gasteiger charge is -2.14. The van der Waals surface area contributed by atoms with Crippen molar-refractivity contribution < 1.29 is 18.7 Å². The van der Waals surface area contributed by atoms with Crippen molar-refractivity contribution in [3.63, 3.8) is 0 Å². The summed E-state index contributed by atoms with van der Waals surface area (Å²) in [6.45, 7) is 1.46. The minimum atomic E-state index is -0.671. The molecule has 0 heterocycles. The highest BCUT2D eigenvalue weighted by molar-refractivity contribution is 9.10. The van der Waals surface area contributed by atoms with Gasteiger partial charge in [-0.25, -0.2) is 9.18 Å². The smallest absolute Gasteiger partial charge is 0.331 e. The van der Waals surface area contributed by atoms with Crippen LogP contribution in [0.4, 0.5) is 4.39 Å². The van der Waals surface area contributed by atoms with E-state index < -0.39 is 17.7 Å². The zero-order chi connectivity index (χ0) is 18.2. The maximum atomic E-state index is 13.0. The van der Waals surface area contributed by atoms with E-state index >= 15 is 0 Å². The van der Waals surface area contributed by atoms with Crippen LogP contribution in [0.15, 0.2) is 59.1 Å². The van der Waals surface area contributed by atoms with Gasteiger partial charge in [0.1, 0.15) is 5.82 Å². The van der Waals surface area contributed by atoms with Gasteiger partial charge in [0, 0.05) is 10.5 Å². The fourth-order valence-corrected chi connectivity index (χ4v) is 2.34. The molecule has 4 nitrogen and oxygen atoms in total. The van der Waals surface area contributed by atoms with Gasteiger partial charge in [-0.2, -0.15) is 0 Å². The number of halogens is 2. The lowest BCUT2D eigenvalue weighted by Crippen LogP contribution is -2.30. The third-order valence-electron chi connectivity index (χ3n) is 3.35. The molecular formula is C19H17BrFNO3. The summed E-state index contributed by atoms with van der Waals surface area (Å²) in [5.74, 6) is -1.46. The van der Waals surface area contributed by atoms with Crippen molar-refractivity contribution in [2.24, 2.45) is 0 Å². The van der Waals surface area contributed by atoms with Gasteiger partial charge in [-0.1, -0.05) is 40.2 Å². The Morgan fingerprint density at radius 3 is 2.64 bits per heavy atom. The second-order valence-corrected chi connectivity index (χ2v) is 6.25. The Balaban J connectivity index is 1.79. The maximum Gasteiger partial charge on any atom is 0.331 e. The molecule has 1 amide bonds. The SMILES string of the molecule is C[C@@H](NC(=O)COC(=O)/C=C/c1cccc(F)c1)c1ccc(Br)cc1. The van der Waals surface area contributed by atoms with Crippen molar-refractivity contribution in [2.45, 2.75) is 13.0 Å². The lowest BCUT2D eigenvalue weighted by molar-refractivity contribution is -0.144. The van der Waals surface area contributed by atoms with E-state index in [9.17, 15) is 14.0 Å². The van der Waals surface area contributed by atoms with Gasteiger partial charge in [0.2, 0.25) is 0 Å². The number of carbonyl (C=O) groups is 2. The molecule has 0 aliphatic carbocycles. The fourth-order valence-electron chi connectivity index (χ4n) is 2.08. The molecule has 25 heavy (non-hydrogen) atoms. The lowest BCUT2D eigenvalue weighted by atomic mass is 10.1. The molecular weight excluding hydrogens is 389 g/mol. The standard InChI is InChI=1S/C19H17BrFNO3/c1-13(15-6-8-16(20)9-7-15)22-18(23)12-25-19(24)10-5-14-3-2-4-17(21)11-14/h2-11,13H,12H2,1H3,(H,22,23)/b10-5+/t13-/m1/s1. The van der Waals surface area contributed by atoms with E-state index in [-0.39, 0.29) is 12.6 Å².